The monoisotopic (exact) mass is 374 g/mol. The van der Waals surface area contributed by atoms with Gasteiger partial charge in [0.05, 0.1) is 17.8 Å². The summed E-state index contributed by atoms with van der Waals surface area (Å²) >= 11 is 1.57. The highest BCUT2D eigenvalue weighted by Gasteiger charge is 2.41. The van der Waals surface area contributed by atoms with Gasteiger partial charge in [-0.15, -0.1) is 11.3 Å². The van der Waals surface area contributed by atoms with Crippen molar-refractivity contribution in [1.82, 2.24) is 5.32 Å². The molecule has 4 aliphatic rings. The first-order valence-corrected chi connectivity index (χ1v) is 10.9. The largest absolute Gasteiger partial charge is 0.369 e. The average Bonchev–Trinajstić information content (AvgIpc) is 3.26. The van der Waals surface area contributed by atoms with Crippen LogP contribution in [0.2, 0.25) is 0 Å². The Morgan fingerprint density at radius 1 is 1.00 bits per heavy atom. The molecule has 3 fully saturated rings. The van der Waals surface area contributed by atoms with E-state index in [0.717, 1.165) is 61.9 Å². The van der Waals surface area contributed by atoms with E-state index in [-0.39, 0.29) is 36.0 Å². The van der Waals surface area contributed by atoms with Crippen LogP contribution in [-0.4, -0.2) is 24.0 Å². The number of fused-ring (bicyclic) bond motifs is 4. The third kappa shape index (κ3) is 2.87. The maximum Gasteiger partial charge on any atom is 0.320 e. The van der Waals surface area contributed by atoms with Crippen LogP contribution in [-0.2, 0) is 11.2 Å². The first-order chi connectivity index (χ1) is 12.7. The van der Waals surface area contributed by atoms with E-state index in [4.69, 9.17) is 4.74 Å². The number of ether oxygens (including phenoxy) is 1. The Hall–Kier alpha value is -1.40. The van der Waals surface area contributed by atoms with Gasteiger partial charge in [0.25, 0.3) is 0 Å². The van der Waals surface area contributed by atoms with Crippen LogP contribution in [0.15, 0.2) is 0 Å². The zero-order valence-electron chi connectivity index (χ0n) is 15.0. The van der Waals surface area contributed by atoms with E-state index < -0.39 is 0 Å². The van der Waals surface area contributed by atoms with Crippen molar-refractivity contribution >= 4 is 28.2 Å². The molecule has 0 radical (unpaired) electrons. The molecule has 2 N–H and O–H groups in total. The number of urea groups is 1. The van der Waals surface area contributed by atoms with Crippen LogP contribution >= 0.6 is 11.3 Å². The van der Waals surface area contributed by atoms with Crippen LogP contribution in [0, 0.1) is 5.92 Å². The van der Waals surface area contributed by atoms with Gasteiger partial charge in [0.1, 0.15) is 5.00 Å². The number of ketones is 1. The smallest absolute Gasteiger partial charge is 0.320 e. The standard InChI is InChI=1S/C20H26N2O3S/c23-17(11-4-3-5-11)16-14-10-13-8-9-15(25-13)18(14)26-19(16)22-20(24)21-12-6-1-2-7-12/h11-13,15H,1-10H2,(H2,21,22,24). The van der Waals surface area contributed by atoms with E-state index >= 15 is 0 Å². The van der Waals surface area contributed by atoms with E-state index in [1.165, 1.54) is 23.3 Å². The zero-order chi connectivity index (χ0) is 17.7. The second kappa shape index (κ2) is 6.64. The predicted octanol–water partition coefficient (Wildman–Crippen LogP) is 4.57. The van der Waals surface area contributed by atoms with Crippen molar-refractivity contribution in [2.75, 3.05) is 5.32 Å². The number of hydrogen-bond donors (Lipinski definition) is 2. The number of nitrogens with one attached hydrogen (secondary N) is 2. The lowest BCUT2D eigenvalue weighted by Crippen LogP contribution is -2.36. The second-order valence-corrected chi connectivity index (χ2v) is 9.30. The quantitative estimate of drug-likeness (QED) is 0.759. The molecule has 1 aromatic rings. The Morgan fingerprint density at radius 2 is 1.81 bits per heavy atom. The minimum Gasteiger partial charge on any atom is -0.369 e. The summed E-state index contributed by atoms with van der Waals surface area (Å²) in [4.78, 5) is 26.8. The average molecular weight is 375 g/mol. The first kappa shape index (κ1) is 16.8. The van der Waals surface area contributed by atoms with Gasteiger partial charge < -0.3 is 10.1 Å². The molecule has 5 nitrogen and oxygen atoms in total. The molecule has 140 valence electrons. The number of rotatable bonds is 4. The van der Waals surface area contributed by atoms with Crippen molar-refractivity contribution in [2.45, 2.75) is 82.5 Å². The molecular formula is C20H26N2O3S. The van der Waals surface area contributed by atoms with Gasteiger partial charge >= 0.3 is 6.03 Å². The van der Waals surface area contributed by atoms with E-state index in [1.54, 1.807) is 11.3 Å². The molecule has 1 aromatic heterocycles. The molecule has 5 rings (SSSR count). The van der Waals surface area contributed by atoms with Gasteiger partial charge in [-0.3, -0.25) is 10.1 Å². The fraction of sp³-hybridized carbons (Fsp3) is 0.700. The van der Waals surface area contributed by atoms with Crippen molar-refractivity contribution < 1.29 is 14.3 Å². The number of anilines is 1. The highest BCUT2D eigenvalue weighted by atomic mass is 32.1. The van der Waals surface area contributed by atoms with Gasteiger partial charge in [-0.1, -0.05) is 19.3 Å². The highest BCUT2D eigenvalue weighted by Crippen LogP contribution is 2.50. The van der Waals surface area contributed by atoms with Crippen molar-refractivity contribution in [3.8, 4) is 0 Å². The molecule has 2 bridgehead atoms. The highest BCUT2D eigenvalue weighted by molar-refractivity contribution is 7.17. The van der Waals surface area contributed by atoms with Crippen molar-refractivity contribution in [3.05, 3.63) is 16.0 Å². The molecule has 6 heteroatoms. The third-order valence-electron chi connectivity index (χ3n) is 6.51. The molecule has 2 unspecified atom stereocenters. The van der Waals surface area contributed by atoms with E-state index in [9.17, 15) is 9.59 Å². The first-order valence-electron chi connectivity index (χ1n) is 10.1. The van der Waals surface area contributed by atoms with Crippen molar-refractivity contribution in [3.63, 3.8) is 0 Å². The predicted molar refractivity (Wildman–Crippen MR) is 101 cm³/mol. The molecule has 3 heterocycles. The van der Waals surface area contributed by atoms with Crippen LogP contribution in [0.25, 0.3) is 0 Å². The molecule has 1 saturated heterocycles. The molecule has 2 saturated carbocycles. The summed E-state index contributed by atoms with van der Waals surface area (Å²) in [5.41, 5.74) is 1.97. The fourth-order valence-corrected chi connectivity index (χ4v) is 6.14. The van der Waals surface area contributed by atoms with Gasteiger partial charge in [-0.2, -0.15) is 0 Å². The molecule has 26 heavy (non-hydrogen) atoms. The maximum absolute atomic E-state index is 13.1. The Morgan fingerprint density at radius 3 is 2.54 bits per heavy atom. The summed E-state index contributed by atoms with van der Waals surface area (Å²) in [6, 6.07) is 0.110. The summed E-state index contributed by atoms with van der Waals surface area (Å²) in [5.74, 6) is 0.388. The Labute approximate surface area is 157 Å². The molecule has 2 aliphatic heterocycles. The minimum atomic E-state index is -0.163. The van der Waals surface area contributed by atoms with Crippen molar-refractivity contribution in [1.29, 1.82) is 0 Å². The Kier molecular flexibility index (Phi) is 4.28. The van der Waals surface area contributed by atoms with Gasteiger partial charge in [0.2, 0.25) is 0 Å². The van der Waals surface area contributed by atoms with Gasteiger partial charge in [-0.05, 0) is 44.1 Å². The van der Waals surface area contributed by atoms with Crippen LogP contribution in [0.4, 0.5) is 9.80 Å². The van der Waals surface area contributed by atoms with Gasteiger partial charge in [0.15, 0.2) is 5.78 Å². The van der Waals surface area contributed by atoms with Crippen LogP contribution < -0.4 is 10.6 Å². The summed E-state index contributed by atoms with van der Waals surface area (Å²) in [7, 11) is 0. The Bertz CT molecular complexity index is 734. The number of carbonyl (C=O) groups is 2. The summed E-state index contributed by atoms with van der Waals surface area (Å²) < 4.78 is 6.06. The topological polar surface area (TPSA) is 67.4 Å². The zero-order valence-corrected chi connectivity index (χ0v) is 15.8. The minimum absolute atomic E-state index is 0.120. The van der Waals surface area contributed by atoms with E-state index in [0.29, 0.717) is 0 Å². The lowest BCUT2D eigenvalue weighted by atomic mass is 9.79. The summed E-state index contributed by atoms with van der Waals surface area (Å²) in [6.45, 7) is 0. The molecule has 2 aliphatic carbocycles. The lowest BCUT2D eigenvalue weighted by Gasteiger charge is -2.26. The summed E-state index contributed by atoms with van der Waals surface area (Å²) in [5, 5.41) is 6.86. The molecule has 2 atom stereocenters. The third-order valence-corrected chi connectivity index (χ3v) is 7.75. The summed E-state index contributed by atoms with van der Waals surface area (Å²) in [6.07, 6.45) is 10.9. The van der Waals surface area contributed by atoms with Crippen LogP contribution in [0.1, 0.15) is 84.7 Å². The molecule has 0 aromatic carbocycles. The number of Topliss-reactive ketones (excluding diaryl/α,β-unsaturated/α-hetero) is 1. The maximum atomic E-state index is 13.1. The molecule has 2 amide bonds. The van der Waals surface area contributed by atoms with Crippen LogP contribution in [0.3, 0.4) is 0 Å². The fourth-order valence-electron chi connectivity index (χ4n) is 4.84. The second-order valence-electron chi connectivity index (χ2n) is 8.25. The van der Waals surface area contributed by atoms with E-state index in [1.807, 2.05) is 0 Å². The SMILES string of the molecule is O=C(Nc1sc2c(c1C(=O)C1CCC1)CC1CCC2O1)NC1CCCC1. The van der Waals surface area contributed by atoms with Crippen LogP contribution in [0.5, 0.6) is 0 Å². The molecule has 0 spiro atoms. The normalized spacial score (nSPS) is 27.8. The number of carbonyl (C=O) groups excluding carboxylic acids is 2. The van der Waals surface area contributed by atoms with Gasteiger partial charge in [0, 0.05) is 23.3 Å². The lowest BCUT2D eigenvalue weighted by molar-refractivity contribution is 0.0347. The van der Waals surface area contributed by atoms with E-state index in [2.05, 4.69) is 10.6 Å². The Balaban J connectivity index is 1.43. The number of hydrogen-bond acceptors (Lipinski definition) is 4. The van der Waals surface area contributed by atoms with Gasteiger partial charge in [-0.25, -0.2) is 4.79 Å². The van der Waals surface area contributed by atoms with Crippen molar-refractivity contribution in [2.24, 2.45) is 5.92 Å². The number of amides is 2. The molecular weight excluding hydrogens is 348 g/mol. The number of thiophene rings is 1.